The van der Waals surface area contributed by atoms with Crippen LogP contribution in [0.1, 0.15) is 21.7 Å². The van der Waals surface area contributed by atoms with Crippen molar-refractivity contribution in [3.05, 3.63) is 77.1 Å². The Hall–Kier alpha value is -3.19. The predicted octanol–water partition coefficient (Wildman–Crippen LogP) is 4.65. The third-order valence-electron chi connectivity index (χ3n) is 4.50. The first-order valence-electron chi connectivity index (χ1n) is 9.09. The molecule has 1 heterocycles. The number of carbonyl (C=O) groups excluding carboxylic acids is 1. The van der Waals surface area contributed by atoms with Gasteiger partial charge in [-0.3, -0.25) is 4.79 Å². The highest BCUT2D eigenvalue weighted by Gasteiger charge is 2.19. The second kappa shape index (κ2) is 8.87. The zero-order valence-electron chi connectivity index (χ0n) is 16.5. The summed E-state index contributed by atoms with van der Waals surface area (Å²) in [5, 5.41) is 2.67. The number of aryl methyl sites for hydroxylation is 1. The van der Waals surface area contributed by atoms with Gasteiger partial charge in [0.1, 0.15) is 12.4 Å². The van der Waals surface area contributed by atoms with Crippen LogP contribution in [0.4, 0.5) is 14.5 Å². The summed E-state index contributed by atoms with van der Waals surface area (Å²) in [7, 11) is 1.53. The number of hydrogen-bond acceptors (Lipinski definition) is 3. The van der Waals surface area contributed by atoms with Crippen molar-refractivity contribution >= 4 is 11.6 Å². The van der Waals surface area contributed by atoms with Gasteiger partial charge in [-0.05, 0) is 44.2 Å². The number of benzene rings is 2. The van der Waals surface area contributed by atoms with Gasteiger partial charge in [-0.2, -0.15) is 0 Å². The molecule has 0 aliphatic heterocycles. The van der Waals surface area contributed by atoms with Gasteiger partial charge in [0.05, 0.1) is 17.9 Å². The van der Waals surface area contributed by atoms with Crippen LogP contribution in [0.25, 0.3) is 5.69 Å². The number of hydrogen-bond donors (Lipinski definition) is 1. The normalized spacial score (nSPS) is 10.8. The molecule has 0 saturated heterocycles. The van der Waals surface area contributed by atoms with E-state index in [1.54, 1.807) is 48.7 Å². The molecular weight excluding hydrogens is 378 g/mol. The van der Waals surface area contributed by atoms with Crippen molar-refractivity contribution in [2.45, 2.75) is 13.8 Å². The highest BCUT2D eigenvalue weighted by Crippen LogP contribution is 2.25. The van der Waals surface area contributed by atoms with Crippen molar-refractivity contribution in [2.24, 2.45) is 0 Å². The van der Waals surface area contributed by atoms with Gasteiger partial charge in [-0.1, -0.05) is 12.1 Å². The smallest absolute Gasteiger partial charge is 0.257 e. The van der Waals surface area contributed by atoms with E-state index in [9.17, 15) is 13.6 Å². The van der Waals surface area contributed by atoms with Crippen LogP contribution < -0.4 is 10.1 Å². The number of para-hydroxylation sites is 1. The van der Waals surface area contributed by atoms with Gasteiger partial charge in [0, 0.05) is 30.3 Å². The van der Waals surface area contributed by atoms with Crippen molar-refractivity contribution in [3.63, 3.8) is 0 Å². The zero-order chi connectivity index (χ0) is 21.0. The minimum Gasteiger partial charge on any atom is -0.488 e. The molecule has 7 heteroatoms. The lowest BCUT2D eigenvalue weighted by Gasteiger charge is -2.11. The second-order valence-electron chi connectivity index (χ2n) is 6.51. The molecule has 152 valence electrons. The number of aromatic nitrogens is 1. The molecule has 0 atom stereocenters. The van der Waals surface area contributed by atoms with E-state index >= 15 is 0 Å². The SMILES string of the molecule is COCCOc1ccc(NC(=O)c2cc(C)n(-c3ccccc3F)c2C)cc1F. The van der Waals surface area contributed by atoms with E-state index < -0.39 is 11.7 Å². The second-order valence-corrected chi connectivity index (χ2v) is 6.51. The fourth-order valence-corrected chi connectivity index (χ4v) is 3.13. The molecule has 0 fully saturated rings. The van der Waals surface area contributed by atoms with E-state index in [4.69, 9.17) is 9.47 Å². The number of anilines is 1. The lowest BCUT2D eigenvalue weighted by atomic mass is 10.2. The minimum absolute atomic E-state index is 0.0813. The number of nitrogens with zero attached hydrogens (tertiary/aromatic N) is 1. The van der Waals surface area contributed by atoms with Gasteiger partial charge >= 0.3 is 0 Å². The van der Waals surface area contributed by atoms with Crippen LogP contribution >= 0.6 is 0 Å². The topological polar surface area (TPSA) is 52.5 Å². The Balaban J connectivity index is 1.81. The maximum absolute atomic E-state index is 14.2. The molecule has 5 nitrogen and oxygen atoms in total. The monoisotopic (exact) mass is 400 g/mol. The number of methoxy groups -OCH3 is 1. The summed E-state index contributed by atoms with van der Waals surface area (Å²) in [5.41, 5.74) is 2.34. The molecular formula is C22H22F2N2O3. The predicted molar refractivity (Wildman–Crippen MR) is 107 cm³/mol. The number of halogens is 2. The fourth-order valence-electron chi connectivity index (χ4n) is 3.13. The quantitative estimate of drug-likeness (QED) is 0.588. The molecule has 1 amide bonds. The van der Waals surface area contributed by atoms with E-state index in [1.165, 1.54) is 25.3 Å². The van der Waals surface area contributed by atoms with Crippen LogP contribution in [-0.2, 0) is 4.74 Å². The van der Waals surface area contributed by atoms with Gasteiger partial charge in [0.25, 0.3) is 5.91 Å². The standard InChI is InChI=1S/C22H22F2N2O3/c1-14-12-17(15(2)26(14)20-7-5-4-6-18(20)23)22(27)25-16-8-9-21(19(24)13-16)29-11-10-28-3/h4-9,12-13H,10-11H2,1-3H3,(H,25,27). The van der Waals surface area contributed by atoms with E-state index in [-0.39, 0.29) is 18.2 Å². The van der Waals surface area contributed by atoms with Crippen molar-refractivity contribution in [2.75, 3.05) is 25.6 Å². The Morgan fingerprint density at radius 3 is 2.48 bits per heavy atom. The Bertz CT molecular complexity index is 1030. The summed E-state index contributed by atoms with van der Waals surface area (Å²) in [6, 6.07) is 12.2. The van der Waals surface area contributed by atoms with E-state index in [1.807, 2.05) is 0 Å². The fraction of sp³-hybridized carbons (Fsp3) is 0.227. The van der Waals surface area contributed by atoms with Crippen molar-refractivity contribution < 1.29 is 23.0 Å². The van der Waals surface area contributed by atoms with Crippen molar-refractivity contribution in [1.29, 1.82) is 0 Å². The number of ether oxygens (including phenoxy) is 2. The Kier molecular flexibility index (Phi) is 6.29. The van der Waals surface area contributed by atoms with Crippen LogP contribution in [0.3, 0.4) is 0 Å². The molecule has 2 aromatic carbocycles. The first-order chi connectivity index (χ1) is 13.9. The summed E-state index contributed by atoms with van der Waals surface area (Å²) in [6.45, 7) is 4.10. The summed E-state index contributed by atoms with van der Waals surface area (Å²) in [6.07, 6.45) is 0. The molecule has 1 aromatic heterocycles. The van der Waals surface area contributed by atoms with Crippen molar-refractivity contribution in [3.8, 4) is 11.4 Å². The van der Waals surface area contributed by atoms with Gasteiger partial charge in [0.15, 0.2) is 11.6 Å². The first kappa shape index (κ1) is 20.5. The molecule has 0 bridgehead atoms. The summed E-state index contributed by atoms with van der Waals surface area (Å²) in [5.74, 6) is -1.30. The third kappa shape index (κ3) is 4.46. The molecule has 3 rings (SSSR count). The Morgan fingerprint density at radius 2 is 1.79 bits per heavy atom. The number of rotatable bonds is 7. The Labute approximate surface area is 167 Å². The van der Waals surface area contributed by atoms with E-state index in [2.05, 4.69) is 5.32 Å². The molecule has 1 N–H and O–H groups in total. The van der Waals surface area contributed by atoms with Crippen LogP contribution in [0.15, 0.2) is 48.5 Å². The molecule has 0 radical (unpaired) electrons. The minimum atomic E-state index is -0.587. The molecule has 29 heavy (non-hydrogen) atoms. The molecule has 0 saturated carbocycles. The van der Waals surface area contributed by atoms with E-state index in [0.29, 0.717) is 34.9 Å². The van der Waals surface area contributed by atoms with Gasteiger partial charge in [0.2, 0.25) is 0 Å². The highest BCUT2D eigenvalue weighted by atomic mass is 19.1. The van der Waals surface area contributed by atoms with Gasteiger partial charge < -0.3 is 19.4 Å². The molecule has 0 aliphatic rings. The van der Waals surface area contributed by atoms with Crippen LogP contribution in [0.2, 0.25) is 0 Å². The maximum atomic E-state index is 14.2. The molecule has 0 unspecified atom stereocenters. The van der Waals surface area contributed by atoms with Crippen LogP contribution in [0.5, 0.6) is 5.75 Å². The summed E-state index contributed by atoms with van der Waals surface area (Å²) < 4.78 is 40.2. The third-order valence-corrected chi connectivity index (χ3v) is 4.50. The average Bonchev–Trinajstić information content (AvgIpc) is 2.98. The number of nitrogens with one attached hydrogen (secondary N) is 1. The molecule has 0 spiro atoms. The molecule has 3 aromatic rings. The zero-order valence-corrected chi connectivity index (χ0v) is 16.5. The van der Waals surface area contributed by atoms with Crippen molar-refractivity contribution in [1.82, 2.24) is 4.57 Å². The Morgan fingerprint density at radius 1 is 1.03 bits per heavy atom. The lowest BCUT2D eigenvalue weighted by Crippen LogP contribution is -2.13. The summed E-state index contributed by atoms with van der Waals surface area (Å²) >= 11 is 0. The summed E-state index contributed by atoms with van der Waals surface area (Å²) in [4.78, 5) is 12.7. The largest absolute Gasteiger partial charge is 0.488 e. The number of amides is 1. The number of carbonyl (C=O) groups is 1. The highest BCUT2D eigenvalue weighted by molar-refractivity contribution is 6.05. The van der Waals surface area contributed by atoms with Crippen LogP contribution in [-0.4, -0.2) is 30.8 Å². The van der Waals surface area contributed by atoms with E-state index in [0.717, 1.165) is 0 Å². The maximum Gasteiger partial charge on any atom is 0.257 e. The van der Waals surface area contributed by atoms with Gasteiger partial charge in [-0.15, -0.1) is 0 Å². The first-order valence-corrected chi connectivity index (χ1v) is 9.09. The lowest BCUT2D eigenvalue weighted by molar-refractivity contribution is 0.102. The molecule has 0 aliphatic carbocycles. The van der Waals surface area contributed by atoms with Gasteiger partial charge in [-0.25, -0.2) is 8.78 Å². The average molecular weight is 400 g/mol. The van der Waals surface area contributed by atoms with Crippen LogP contribution in [0, 0.1) is 25.5 Å².